The maximum atomic E-state index is 11.6. The fraction of sp³-hybridized carbons (Fsp3) is 0.467. The van der Waals surface area contributed by atoms with Crippen LogP contribution in [-0.4, -0.2) is 37.6 Å². The maximum Gasteiger partial charge on any atom is 0.234 e. The van der Waals surface area contributed by atoms with E-state index in [4.69, 9.17) is 10.00 Å². The normalized spacial score (nSPS) is 10.2. The van der Waals surface area contributed by atoms with Crippen molar-refractivity contribution in [3.05, 3.63) is 29.3 Å². The quantitative estimate of drug-likeness (QED) is 0.819. The minimum Gasteiger partial charge on any atom is -0.496 e. The van der Waals surface area contributed by atoms with Crippen molar-refractivity contribution in [3.63, 3.8) is 0 Å². The predicted molar refractivity (Wildman–Crippen MR) is 77.3 cm³/mol. The second-order valence-corrected chi connectivity index (χ2v) is 4.40. The van der Waals surface area contributed by atoms with Crippen molar-refractivity contribution < 1.29 is 9.53 Å². The molecule has 0 aliphatic rings. The lowest BCUT2D eigenvalue weighted by Crippen LogP contribution is -2.36. The first-order chi connectivity index (χ1) is 9.64. The van der Waals surface area contributed by atoms with Crippen LogP contribution in [0.5, 0.6) is 5.75 Å². The molecule has 1 aromatic rings. The van der Waals surface area contributed by atoms with Crippen LogP contribution in [0.4, 0.5) is 0 Å². The first-order valence-corrected chi connectivity index (χ1v) is 6.70. The van der Waals surface area contributed by atoms with Gasteiger partial charge in [-0.15, -0.1) is 0 Å². The van der Waals surface area contributed by atoms with Crippen molar-refractivity contribution in [2.45, 2.75) is 20.4 Å². The molecule has 0 aromatic heterocycles. The van der Waals surface area contributed by atoms with Crippen molar-refractivity contribution in [1.82, 2.24) is 10.2 Å². The number of carbonyl (C=O) groups is 1. The van der Waals surface area contributed by atoms with Gasteiger partial charge >= 0.3 is 0 Å². The molecule has 1 aromatic carbocycles. The van der Waals surface area contributed by atoms with E-state index in [1.54, 1.807) is 25.3 Å². The molecule has 20 heavy (non-hydrogen) atoms. The average molecular weight is 275 g/mol. The smallest absolute Gasteiger partial charge is 0.234 e. The fourth-order valence-corrected chi connectivity index (χ4v) is 1.95. The van der Waals surface area contributed by atoms with E-state index in [0.29, 0.717) is 25.2 Å². The monoisotopic (exact) mass is 275 g/mol. The number of rotatable bonds is 7. The molecule has 0 bridgehead atoms. The number of nitrogens with one attached hydrogen (secondary N) is 1. The van der Waals surface area contributed by atoms with E-state index in [1.165, 1.54) is 0 Å². The molecule has 0 saturated heterocycles. The Labute approximate surface area is 120 Å². The Morgan fingerprint density at radius 2 is 2.20 bits per heavy atom. The molecule has 5 heteroatoms. The number of methoxy groups -OCH3 is 1. The first-order valence-electron chi connectivity index (χ1n) is 6.70. The summed E-state index contributed by atoms with van der Waals surface area (Å²) in [5.74, 6) is 0.739. The third-order valence-corrected chi connectivity index (χ3v) is 2.99. The molecule has 0 radical (unpaired) electrons. The van der Waals surface area contributed by atoms with E-state index in [1.807, 2.05) is 18.7 Å². The van der Waals surface area contributed by atoms with Gasteiger partial charge in [-0.2, -0.15) is 5.26 Å². The van der Waals surface area contributed by atoms with Gasteiger partial charge in [-0.05, 0) is 31.7 Å². The maximum absolute atomic E-state index is 11.6. The molecule has 0 aliphatic heterocycles. The molecule has 1 N–H and O–H groups in total. The first kappa shape index (κ1) is 16.0. The highest BCUT2D eigenvalue weighted by atomic mass is 16.5. The lowest BCUT2D eigenvalue weighted by molar-refractivity contribution is -0.122. The Bertz CT molecular complexity index is 494. The summed E-state index contributed by atoms with van der Waals surface area (Å²) in [5, 5.41) is 11.7. The second-order valence-electron chi connectivity index (χ2n) is 4.40. The largest absolute Gasteiger partial charge is 0.496 e. The number of hydrogen-bond donors (Lipinski definition) is 1. The average Bonchev–Trinajstić information content (AvgIpc) is 2.46. The molecule has 5 nitrogen and oxygen atoms in total. The molecule has 1 rings (SSSR count). The fourth-order valence-electron chi connectivity index (χ4n) is 1.95. The van der Waals surface area contributed by atoms with Gasteiger partial charge in [0.25, 0.3) is 0 Å². The van der Waals surface area contributed by atoms with Gasteiger partial charge in [-0.25, -0.2) is 0 Å². The van der Waals surface area contributed by atoms with E-state index in [0.717, 1.165) is 17.9 Å². The molecule has 0 unspecified atom stereocenters. The van der Waals surface area contributed by atoms with Crippen LogP contribution in [0.15, 0.2) is 18.2 Å². The van der Waals surface area contributed by atoms with Gasteiger partial charge in [0.15, 0.2) is 0 Å². The van der Waals surface area contributed by atoms with Crippen LogP contribution in [-0.2, 0) is 11.3 Å². The molecule has 0 saturated carbocycles. The molecule has 0 spiro atoms. The minimum atomic E-state index is 0.00440. The molecule has 0 atom stereocenters. The third kappa shape index (κ3) is 4.56. The molecule has 108 valence electrons. The summed E-state index contributed by atoms with van der Waals surface area (Å²) in [6.45, 7) is 6.19. The predicted octanol–water partition coefficient (Wildman–Crippen LogP) is 1.52. The lowest BCUT2D eigenvalue weighted by Gasteiger charge is -2.21. The van der Waals surface area contributed by atoms with Crippen molar-refractivity contribution in [1.29, 1.82) is 5.26 Å². The van der Waals surface area contributed by atoms with Crippen molar-refractivity contribution in [2.24, 2.45) is 0 Å². The highest BCUT2D eigenvalue weighted by molar-refractivity contribution is 5.77. The highest BCUT2D eigenvalue weighted by Gasteiger charge is 2.12. The van der Waals surface area contributed by atoms with E-state index >= 15 is 0 Å². The third-order valence-electron chi connectivity index (χ3n) is 2.99. The second kappa shape index (κ2) is 8.18. The van der Waals surface area contributed by atoms with Crippen molar-refractivity contribution in [2.75, 3.05) is 26.7 Å². The number of nitriles is 1. The summed E-state index contributed by atoms with van der Waals surface area (Å²) in [4.78, 5) is 13.6. The number of carbonyl (C=O) groups excluding carboxylic acids is 1. The summed E-state index contributed by atoms with van der Waals surface area (Å²) in [6.07, 6.45) is 0. The van der Waals surface area contributed by atoms with Crippen LogP contribution in [0.2, 0.25) is 0 Å². The van der Waals surface area contributed by atoms with Crippen LogP contribution >= 0.6 is 0 Å². The molecular weight excluding hydrogens is 254 g/mol. The van der Waals surface area contributed by atoms with E-state index in [2.05, 4.69) is 11.4 Å². The van der Waals surface area contributed by atoms with E-state index < -0.39 is 0 Å². The Morgan fingerprint density at radius 1 is 1.45 bits per heavy atom. The number of likely N-dealkylation sites (N-methyl/N-ethyl adjacent to an activating group) is 2. The Morgan fingerprint density at radius 3 is 2.75 bits per heavy atom. The highest BCUT2D eigenvalue weighted by Crippen LogP contribution is 2.21. The van der Waals surface area contributed by atoms with Gasteiger partial charge in [-0.3, -0.25) is 9.69 Å². The van der Waals surface area contributed by atoms with E-state index in [-0.39, 0.29) is 5.91 Å². The van der Waals surface area contributed by atoms with Crippen LogP contribution in [0.3, 0.4) is 0 Å². The van der Waals surface area contributed by atoms with Gasteiger partial charge in [-0.1, -0.05) is 6.92 Å². The standard InChI is InChI=1S/C15H21N3O2/c1-4-17-15(19)11-18(5-2)10-13-8-12(9-16)6-7-14(13)20-3/h6-8H,4-5,10-11H2,1-3H3,(H,17,19). The van der Waals surface area contributed by atoms with Gasteiger partial charge in [0, 0.05) is 18.7 Å². The zero-order valence-electron chi connectivity index (χ0n) is 12.3. The van der Waals surface area contributed by atoms with Gasteiger partial charge in [0.2, 0.25) is 5.91 Å². The SMILES string of the molecule is CCNC(=O)CN(CC)Cc1cc(C#N)ccc1OC. The lowest BCUT2D eigenvalue weighted by atomic mass is 10.1. The topological polar surface area (TPSA) is 65.4 Å². The Kier molecular flexibility index (Phi) is 6.54. The summed E-state index contributed by atoms with van der Waals surface area (Å²) < 4.78 is 5.31. The summed E-state index contributed by atoms with van der Waals surface area (Å²) >= 11 is 0. The summed E-state index contributed by atoms with van der Waals surface area (Å²) in [6, 6.07) is 7.43. The number of ether oxygens (including phenoxy) is 1. The van der Waals surface area contributed by atoms with Crippen LogP contribution in [0, 0.1) is 11.3 Å². The minimum absolute atomic E-state index is 0.00440. The van der Waals surface area contributed by atoms with Gasteiger partial charge < -0.3 is 10.1 Å². The van der Waals surface area contributed by atoms with Crippen LogP contribution in [0.1, 0.15) is 25.0 Å². The number of benzene rings is 1. The number of hydrogen-bond acceptors (Lipinski definition) is 4. The molecule has 0 fully saturated rings. The zero-order valence-corrected chi connectivity index (χ0v) is 12.3. The zero-order chi connectivity index (χ0) is 15.0. The summed E-state index contributed by atoms with van der Waals surface area (Å²) in [5.41, 5.74) is 1.51. The molecule has 0 aliphatic carbocycles. The van der Waals surface area contributed by atoms with Crippen molar-refractivity contribution >= 4 is 5.91 Å². The Hall–Kier alpha value is -2.06. The number of amides is 1. The van der Waals surface area contributed by atoms with Crippen molar-refractivity contribution in [3.8, 4) is 11.8 Å². The Balaban J connectivity index is 2.83. The molecule has 1 amide bonds. The van der Waals surface area contributed by atoms with Crippen LogP contribution < -0.4 is 10.1 Å². The van der Waals surface area contributed by atoms with Gasteiger partial charge in [0.05, 0.1) is 25.3 Å². The van der Waals surface area contributed by atoms with E-state index in [9.17, 15) is 4.79 Å². The molecule has 0 heterocycles. The van der Waals surface area contributed by atoms with Gasteiger partial charge in [0.1, 0.15) is 5.75 Å². The summed E-state index contributed by atoms with van der Waals surface area (Å²) in [7, 11) is 1.60. The van der Waals surface area contributed by atoms with Crippen LogP contribution in [0.25, 0.3) is 0 Å². The number of nitrogens with zero attached hydrogens (tertiary/aromatic N) is 2. The molecular formula is C15H21N3O2.